The second-order valence-corrected chi connectivity index (χ2v) is 7.26. The number of likely N-dealkylation sites (N-methyl/N-ethyl adjacent to an activating group) is 1. The standard InChI is InChI=1S/C22H24N2O5/c1-22(2,15-9-5-4-6-10-15)21(27)28-14-19(25)24-13-18(20(26)23-3)29-17-12-8-7-11-16(17)24/h4-12,18H,13-14H2,1-3H3,(H,23,26). The molecule has 2 aromatic rings. The van der Waals surface area contributed by atoms with Gasteiger partial charge < -0.3 is 19.7 Å². The van der Waals surface area contributed by atoms with E-state index < -0.39 is 30.0 Å². The van der Waals surface area contributed by atoms with Gasteiger partial charge in [-0.1, -0.05) is 42.5 Å². The predicted octanol–water partition coefficient (Wildman–Crippen LogP) is 2.05. The van der Waals surface area contributed by atoms with E-state index in [1.165, 1.54) is 11.9 Å². The number of anilines is 1. The molecular weight excluding hydrogens is 372 g/mol. The van der Waals surface area contributed by atoms with Crippen molar-refractivity contribution in [3.8, 4) is 5.75 Å². The molecule has 7 nitrogen and oxygen atoms in total. The van der Waals surface area contributed by atoms with Crippen molar-refractivity contribution < 1.29 is 23.9 Å². The van der Waals surface area contributed by atoms with Crippen LogP contribution in [0.2, 0.25) is 0 Å². The molecule has 1 unspecified atom stereocenters. The maximum absolute atomic E-state index is 12.8. The number of rotatable bonds is 5. The highest BCUT2D eigenvalue weighted by Crippen LogP contribution is 2.33. The molecule has 1 heterocycles. The highest BCUT2D eigenvalue weighted by Gasteiger charge is 2.35. The number of nitrogens with zero attached hydrogens (tertiary/aromatic N) is 1. The number of fused-ring (bicyclic) bond motifs is 1. The predicted molar refractivity (Wildman–Crippen MR) is 108 cm³/mol. The smallest absolute Gasteiger partial charge is 0.316 e. The van der Waals surface area contributed by atoms with Crippen molar-refractivity contribution >= 4 is 23.5 Å². The van der Waals surface area contributed by atoms with E-state index in [1.807, 2.05) is 30.3 Å². The molecule has 0 spiro atoms. The molecule has 7 heteroatoms. The largest absolute Gasteiger partial charge is 0.477 e. The third-order valence-corrected chi connectivity index (χ3v) is 4.95. The van der Waals surface area contributed by atoms with Crippen LogP contribution >= 0.6 is 0 Å². The van der Waals surface area contributed by atoms with Crippen LogP contribution in [0.25, 0.3) is 0 Å². The fraction of sp³-hybridized carbons (Fsp3) is 0.318. The molecule has 0 fully saturated rings. The van der Waals surface area contributed by atoms with Crippen LogP contribution in [-0.2, 0) is 24.5 Å². The van der Waals surface area contributed by atoms with Gasteiger partial charge >= 0.3 is 5.97 Å². The lowest BCUT2D eigenvalue weighted by Crippen LogP contribution is -2.51. The van der Waals surface area contributed by atoms with Gasteiger partial charge in [-0.05, 0) is 31.5 Å². The van der Waals surface area contributed by atoms with E-state index in [1.54, 1.807) is 38.1 Å². The maximum Gasteiger partial charge on any atom is 0.316 e. The molecule has 1 aliphatic heterocycles. The van der Waals surface area contributed by atoms with Gasteiger partial charge in [0.05, 0.1) is 17.6 Å². The second kappa shape index (κ2) is 8.34. The molecule has 152 valence electrons. The number of amides is 2. The Morgan fingerprint density at radius 1 is 1.10 bits per heavy atom. The average Bonchev–Trinajstić information content (AvgIpc) is 2.76. The number of para-hydroxylation sites is 2. The molecule has 29 heavy (non-hydrogen) atoms. The Labute approximate surface area is 169 Å². The van der Waals surface area contributed by atoms with Crippen LogP contribution < -0.4 is 15.0 Å². The summed E-state index contributed by atoms with van der Waals surface area (Å²) in [6.07, 6.45) is -0.838. The number of hydrogen-bond donors (Lipinski definition) is 1. The first-order chi connectivity index (χ1) is 13.8. The van der Waals surface area contributed by atoms with E-state index in [2.05, 4.69) is 5.32 Å². The Hall–Kier alpha value is -3.35. The maximum atomic E-state index is 12.8. The minimum absolute atomic E-state index is 0.0369. The third kappa shape index (κ3) is 4.23. The topological polar surface area (TPSA) is 84.9 Å². The normalized spacial score (nSPS) is 15.7. The fourth-order valence-corrected chi connectivity index (χ4v) is 3.13. The summed E-state index contributed by atoms with van der Waals surface area (Å²) >= 11 is 0. The molecular formula is C22H24N2O5. The molecule has 0 saturated heterocycles. The van der Waals surface area contributed by atoms with Gasteiger partial charge in [0.25, 0.3) is 11.8 Å². The molecule has 0 aliphatic carbocycles. The van der Waals surface area contributed by atoms with Crippen molar-refractivity contribution in [2.45, 2.75) is 25.4 Å². The average molecular weight is 396 g/mol. The van der Waals surface area contributed by atoms with Crippen LogP contribution in [0.15, 0.2) is 54.6 Å². The number of hydrogen-bond acceptors (Lipinski definition) is 5. The van der Waals surface area contributed by atoms with Crippen LogP contribution in [-0.4, -0.2) is 44.1 Å². The first-order valence-corrected chi connectivity index (χ1v) is 9.35. The quantitative estimate of drug-likeness (QED) is 0.782. The molecule has 1 N–H and O–H groups in total. The van der Waals surface area contributed by atoms with Crippen molar-refractivity contribution in [2.75, 3.05) is 25.1 Å². The van der Waals surface area contributed by atoms with Gasteiger partial charge in [-0.15, -0.1) is 0 Å². The third-order valence-electron chi connectivity index (χ3n) is 4.95. The van der Waals surface area contributed by atoms with Crippen molar-refractivity contribution in [1.82, 2.24) is 5.32 Å². The summed E-state index contributed by atoms with van der Waals surface area (Å²) < 4.78 is 11.0. The minimum Gasteiger partial charge on any atom is -0.477 e. The van der Waals surface area contributed by atoms with Gasteiger partial charge in [0.2, 0.25) is 0 Å². The van der Waals surface area contributed by atoms with Gasteiger partial charge in [-0.3, -0.25) is 14.4 Å². The van der Waals surface area contributed by atoms with E-state index >= 15 is 0 Å². The molecule has 0 aromatic heterocycles. The van der Waals surface area contributed by atoms with E-state index in [0.29, 0.717) is 11.4 Å². The molecule has 1 aliphatic rings. The molecule has 0 radical (unpaired) electrons. The van der Waals surface area contributed by atoms with Crippen molar-refractivity contribution in [1.29, 1.82) is 0 Å². The lowest BCUT2D eigenvalue weighted by molar-refractivity contribution is -0.153. The lowest BCUT2D eigenvalue weighted by atomic mass is 9.85. The number of benzene rings is 2. The minimum atomic E-state index is -0.894. The second-order valence-electron chi connectivity index (χ2n) is 7.26. The van der Waals surface area contributed by atoms with Crippen LogP contribution in [0, 0.1) is 0 Å². The van der Waals surface area contributed by atoms with Crippen molar-refractivity contribution in [3.63, 3.8) is 0 Å². The van der Waals surface area contributed by atoms with Crippen LogP contribution in [0.1, 0.15) is 19.4 Å². The van der Waals surface area contributed by atoms with Crippen molar-refractivity contribution in [3.05, 3.63) is 60.2 Å². The summed E-state index contributed by atoms with van der Waals surface area (Å²) in [6, 6.07) is 16.2. The SMILES string of the molecule is CNC(=O)C1CN(C(=O)COC(=O)C(C)(C)c2ccccc2)c2ccccc2O1. The van der Waals surface area contributed by atoms with Gasteiger partial charge in [0.15, 0.2) is 12.7 Å². The number of carbonyl (C=O) groups is 3. The first-order valence-electron chi connectivity index (χ1n) is 9.35. The number of nitrogens with one attached hydrogen (secondary N) is 1. The zero-order chi connectivity index (χ0) is 21.0. The summed E-state index contributed by atoms with van der Waals surface area (Å²) in [5.41, 5.74) is 0.444. The Bertz CT molecular complexity index is 910. The summed E-state index contributed by atoms with van der Waals surface area (Å²) in [6.45, 7) is 3.11. The van der Waals surface area contributed by atoms with Gasteiger partial charge in [-0.25, -0.2) is 0 Å². The molecule has 2 aromatic carbocycles. The van der Waals surface area contributed by atoms with E-state index in [-0.39, 0.29) is 12.5 Å². The van der Waals surface area contributed by atoms with Gasteiger partial charge in [0.1, 0.15) is 5.75 Å². The summed E-state index contributed by atoms with van der Waals surface area (Å²) in [7, 11) is 1.51. The summed E-state index contributed by atoms with van der Waals surface area (Å²) in [4.78, 5) is 38.9. The Morgan fingerprint density at radius 2 is 1.76 bits per heavy atom. The number of esters is 1. The van der Waals surface area contributed by atoms with Gasteiger partial charge in [-0.2, -0.15) is 0 Å². The molecule has 3 rings (SSSR count). The summed E-state index contributed by atoms with van der Waals surface area (Å²) in [5.74, 6) is -0.829. The summed E-state index contributed by atoms with van der Waals surface area (Å²) in [5, 5.41) is 2.53. The molecule has 1 atom stereocenters. The number of ether oxygens (including phenoxy) is 2. The van der Waals surface area contributed by atoms with E-state index in [9.17, 15) is 14.4 Å². The van der Waals surface area contributed by atoms with E-state index in [0.717, 1.165) is 5.56 Å². The molecule has 0 bridgehead atoms. The van der Waals surface area contributed by atoms with Crippen LogP contribution in [0.5, 0.6) is 5.75 Å². The zero-order valence-electron chi connectivity index (χ0n) is 16.7. The highest BCUT2D eigenvalue weighted by atomic mass is 16.5. The first kappa shape index (κ1) is 20.4. The van der Waals surface area contributed by atoms with Gasteiger partial charge in [0, 0.05) is 7.05 Å². The van der Waals surface area contributed by atoms with Crippen LogP contribution in [0.4, 0.5) is 5.69 Å². The van der Waals surface area contributed by atoms with Crippen molar-refractivity contribution in [2.24, 2.45) is 0 Å². The van der Waals surface area contributed by atoms with E-state index in [4.69, 9.17) is 9.47 Å². The zero-order valence-corrected chi connectivity index (χ0v) is 16.7. The number of carbonyl (C=O) groups excluding carboxylic acids is 3. The fourth-order valence-electron chi connectivity index (χ4n) is 3.13. The Morgan fingerprint density at radius 3 is 2.45 bits per heavy atom. The molecule has 0 saturated carbocycles. The Balaban J connectivity index is 1.73. The monoisotopic (exact) mass is 396 g/mol. The highest BCUT2D eigenvalue weighted by molar-refractivity contribution is 5.99. The Kier molecular flexibility index (Phi) is 5.87. The lowest BCUT2D eigenvalue weighted by Gasteiger charge is -2.34. The van der Waals surface area contributed by atoms with Crippen LogP contribution in [0.3, 0.4) is 0 Å². The molecule has 2 amide bonds.